The second kappa shape index (κ2) is 6.50. The van der Waals surface area contributed by atoms with E-state index >= 15 is 0 Å². The minimum Gasteiger partial charge on any atom is -0.320 e. The van der Waals surface area contributed by atoms with Gasteiger partial charge in [-0.05, 0) is 48.9 Å². The van der Waals surface area contributed by atoms with Crippen LogP contribution in [0, 0.1) is 0 Å². The quantitative estimate of drug-likeness (QED) is 0.872. The number of hydrogen-bond donors (Lipinski definition) is 1. The smallest absolute Gasteiger partial charge is 0.241 e. The number of rotatable bonds is 6. The van der Waals surface area contributed by atoms with Gasteiger partial charge in [0.2, 0.25) is 5.91 Å². The largest absolute Gasteiger partial charge is 0.320 e. The molecule has 2 heterocycles. The molecule has 0 saturated carbocycles. The Hall–Kier alpha value is -0.520. The van der Waals surface area contributed by atoms with Crippen LogP contribution in [0.5, 0.6) is 0 Å². The summed E-state index contributed by atoms with van der Waals surface area (Å²) in [5.41, 5.74) is 1.21. The van der Waals surface area contributed by atoms with Crippen LogP contribution in [0.2, 0.25) is 0 Å². The molecule has 1 aromatic heterocycles. The van der Waals surface area contributed by atoms with Crippen molar-refractivity contribution in [3.8, 4) is 0 Å². The number of carbonyl (C=O) groups excluding carboxylic acids is 1. The zero-order valence-corrected chi connectivity index (χ0v) is 14.3. The third kappa shape index (κ3) is 3.38. The number of thiophene rings is 1. The van der Waals surface area contributed by atoms with Crippen LogP contribution in [0.1, 0.15) is 45.3 Å². The van der Waals surface area contributed by atoms with Gasteiger partial charge in [-0.1, -0.05) is 13.3 Å². The standard InChI is InChI=1S/C15H24N2OS2/c1-5-6-12-14(18)17(10-15(2,3)19-4)13(16-12)11-7-8-20-9-11/h7-9,12-13,16H,5-6,10H2,1-4H3. The van der Waals surface area contributed by atoms with E-state index in [9.17, 15) is 4.79 Å². The number of hydrogen-bond acceptors (Lipinski definition) is 4. The molecular formula is C15H24N2OS2. The monoisotopic (exact) mass is 312 g/mol. The van der Waals surface area contributed by atoms with E-state index in [2.05, 4.69) is 49.2 Å². The minimum atomic E-state index is -0.0254. The summed E-state index contributed by atoms with van der Waals surface area (Å²) in [4.78, 5) is 14.7. The van der Waals surface area contributed by atoms with Crippen LogP contribution in [-0.4, -0.2) is 34.4 Å². The maximum Gasteiger partial charge on any atom is 0.241 e. The maximum absolute atomic E-state index is 12.7. The average molecular weight is 313 g/mol. The Morgan fingerprint density at radius 2 is 2.25 bits per heavy atom. The summed E-state index contributed by atoms with van der Waals surface area (Å²) in [5.74, 6) is 0.255. The summed E-state index contributed by atoms with van der Waals surface area (Å²) in [6, 6.07) is 2.09. The molecule has 2 atom stereocenters. The first-order valence-electron chi connectivity index (χ1n) is 7.12. The Labute approximate surface area is 130 Å². The van der Waals surface area contributed by atoms with Crippen LogP contribution in [0.25, 0.3) is 0 Å². The molecule has 5 heteroatoms. The molecule has 3 nitrogen and oxygen atoms in total. The van der Waals surface area contributed by atoms with Crippen molar-refractivity contribution in [2.24, 2.45) is 0 Å². The zero-order valence-electron chi connectivity index (χ0n) is 12.7. The van der Waals surface area contributed by atoms with E-state index in [1.807, 2.05) is 16.7 Å². The van der Waals surface area contributed by atoms with E-state index in [-0.39, 0.29) is 22.9 Å². The summed E-state index contributed by atoms with van der Waals surface area (Å²) in [5, 5.41) is 7.73. The van der Waals surface area contributed by atoms with Crippen LogP contribution in [0.15, 0.2) is 16.8 Å². The third-order valence-electron chi connectivity index (χ3n) is 3.79. The van der Waals surface area contributed by atoms with Gasteiger partial charge in [-0.3, -0.25) is 10.1 Å². The van der Waals surface area contributed by atoms with Crippen LogP contribution in [0.3, 0.4) is 0 Å². The van der Waals surface area contributed by atoms with Crippen LogP contribution in [-0.2, 0) is 4.79 Å². The Kier molecular flexibility index (Phi) is 5.15. The lowest BCUT2D eigenvalue weighted by Gasteiger charge is -2.32. The van der Waals surface area contributed by atoms with E-state index in [0.717, 1.165) is 19.4 Å². The van der Waals surface area contributed by atoms with Crippen molar-refractivity contribution in [1.29, 1.82) is 0 Å². The van der Waals surface area contributed by atoms with E-state index < -0.39 is 0 Å². The third-order valence-corrected chi connectivity index (χ3v) is 5.73. The van der Waals surface area contributed by atoms with E-state index in [0.29, 0.717) is 0 Å². The first-order valence-corrected chi connectivity index (χ1v) is 9.29. The fraction of sp³-hybridized carbons (Fsp3) is 0.667. The SMILES string of the molecule is CCCC1NC(c2ccsc2)N(CC(C)(C)SC)C1=O. The van der Waals surface area contributed by atoms with Gasteiger partial charge in [-0.15, -0.1) is 0 Å². The van der Waals surface area contributed by atoms with Gasteiger partial charge in [0, 0.05) is 11.3 Å². The van der Waals surface area contributed by atoms with Gasteiger partial charge >= 0.3 is 0 Å². The van der Waals surface area contributed by atoms with Gasteiger partial charge < -0.3 is 4.90 Å². The van der Waals surface area contributed by atoms with Crippen molar-refractivity contribution >= 4 is 29.0 Å². The predicted molar refractivity (Wildman–Crippen MR) is 88.2 cm³/mol. The van der Waals surface area contributed by atoms with E-state index in [4.69, 9.17) is 0 Å². The Balaban J connectivity index is 2.21. The molecule has 1 saturated heterocycles. The van der Waals surface area contributed by atoms with Crippen molar-refractivity contribution in [1.82, 2.24) is 10.2 Å². The summed E-state index contributed by atoms with van der Waals surface area (Å²) < 4.78 is 0.0761. The lowest BCUT2D eigenvalue weighted by molar-refractivity contribution is -0.130. The number of nitrogens with zero attached hydrogens (tertiary/aromatic N) is 1. The van der Waals surface area contributed by atoms with Crippen LogP contribution < -0.4 is 5.32 Å². The van der Waals surface area contributed by atoms with E-state index in [1.165, 1.54) is 5.56 Å². The second-order valence-corrected chi connectivity index (χ2v) is 8.19. The normalized spacial score (nSPS) is 23.6. The summed E-state index contributed by atoms with van der Waals surface area (Å²) in [7, 11) is 0. The molecule has 0 bridgehead atoms. The fourth-order valence-electron chi connectivity index (χ4n) is 2.53. The molecule has 0 spiro atoms. The molecule has 2 unspecified atom stereocenters. The van der Waals surface area contributed by atoms with Crippen LogP contribution >= 0.6 is 23.1 Å². The summed E-state index contributed by atoms with van der Waals surface area (Å²) in [6.45, 7) is 7.30. The predicted octanol–water partition coefficient (Wildman–Crippen LogP) is 3.49. The highest BCUT2D eigenvalue weighted by Gasteiger charge is 2.41. The fourth-order valence-corrected chi connectivity index (χ4v) is 3.47. The Bertz CT molecular complexity index is 445. The van der Waals surface area contributed by atoms with Gasteiger partial charge in [-0.2, -0.15) is 23.1 Å². The molecule has 1 aromatic rings. The minimum absolute atomic E-state index is 0.0254. The molecule has 2 rings (SSSR count). The molecule has 1 amide bonds. The highest BCUT2D eigenvalue weighted by Crippen LogP contribution is 2.32. The molecular weight excluding hydrogens is 288 g/mol. The van der Waals surface area contributed by atoms with Crippen molar-refractivity contribution < 1.29 is 4.79 Å². The topological polar surface area (TPSA) is 32.3 Å². The summed E-state index contributed by atoms with van der Waals surface area (Å²) >= 11 is 3.50. The van der Waals surface area contributed by atoms with Crippen molar-refractivity contribution in [3.05, 3.63) is 22.4 Å². The van der Waals surface area contributed by atoms with Gasteiger partial charge in [0.1, 0.15) is 6.17 Å². The zero-order chi connectivity index (χ0) is 14.8. The molecule has 0 aromatic carbocycles. The van der Waals surface area contributed by atoms with E-state index in [1.54, 1.807) is 11.3 Å². The van der Waals surface area contributed by atoms with Gasteiger partial charge in [-0.25, -0.2) is 0 Å². The van der Waals surface area contributed by atoms with Crippen molar-refractivity contribution in [3.63, 3.8) is 0 Å². The van der Waals surface area contributed by atoms with Crippen molar-refractivity contribution in [2.75, 3.05) is 12.8 Å². The number of thioether (sulfide) groups is 1. The number of amides is 1. The lowest BCUT2D eigenvalue weighted by atomic mass is 10.1. The van der Waals surface area contributed by atoms with Gasteiger partial charge in [0.05, 0.1) is 6.04 Å². The number of carbonyl (C=O) groups is 1. The molecule has 1 aliphatic heterocycles. The summed E-state index contributed by atoms with van der Waals surface area (Å²) in [6.07, 6.45) is 4.09. The second-order valence-electron chi connectivity index (χ2n) is 5.90. The highest BCUT2D eigenvalue weighted by atomic mass is 32.2. The van der Waals surface area contributed by atoms with Crippen LogP contribution in [0.4, 0.5) is 0 Å². The average Bonchev–Trinajstić information content (AvgIpc) is 3.02. The molecule has 0 aliphatic carbocycles. The Morgan fingerprint density at radius 1 is 1.50 bits per heavy atom. The highest BCUT2D eigenvalue weighted by molar-refractivity contribution is 7.99. The van der Waals surface area contributed by atoms with Gasteiger partial charge in [0.15, 0.2) is 0 Å². The van der Waals surface area contributed by atoms with Crippen molar-refractivity contribution in [2.45, 2.75) is 50.6 Å². The molecule has 20 heavy (non-hydrogen) atoms. The molecule has 1 N–H and O–H groups in total. The Morgan fingerprint density at radius 3 is 2.80 bits per heavy atom. The first kappa shape index (κ1) is 15.9. The lowest BCUT2D eigenvalue weighted by Crippen LogP contribution is -2.40. The maximum atomic E-state index is 12.7. The first-order chi connectivity index (χ1) is 9.48. The molecule has 1 aliphatic rings. The van der Waals surface area contributed by atoms with Gasteiger partial charge in [0.25, 0.3) is 0 Å². The molecule has 1 fully saturated rings. The number of nitrogens with one attached hydrogen (secondary N) is 1. The molecule has 0 radical (unpaired) electrons. The molecule has 112 valence electrons.